The second-order valence-electron chi connectivity index (χ2n) is 6.10. The first kappa shape index (κ1) is 17.9. The van der Waals surface area contributed by atoms with Crippen molar-refractivity contribution in [3.63, 3.8) is 0 Å². The Morgan fingerprint density at radius 2 is 1.87 bits per heavy atom. The van der Waals surface area contributed by atoms with Crippen LogP contribution in [-0.4, -0.2) is 50.2 Å². The molecule has 1 amide bonds. The Morgan fingerprint density at radius 3 is 2.39 bits per heavy atom. The van der Waals surface area contributed by atoms with E-state index in [0.717, 1.165) is 6.54 Å². The summed E-state index contributed by atoms with van der Waals surface area (Å²) in [5.41, 5.74) is 0.431. The molecule has 5 nitrogen and oxygen atoms in total. The van der Waals surface area contributed by atoms with Gasteiger partial charge in [0.1, 0.15) is 0 Å². The zero-order valence-corrected chi connectivity index (χ0v) is 15.0. The summed E-state index contributed by atoms with van der Waals surface area (Å²) in [7, 11) is -1.75. The van der Waals surface area contributed by atoms with Crippen LogP contribution >= 0.6 is 0 Å². The lowest BCUT2D eigenvalue weighted by Crippen LogP contribution is -2.34. The van der Waals surface area contributed by atoms with Gasteiger partial charge in [0.25, 0.3) is 5.91 Å². The molecule has 0 aliphatic heterocycles. The molecule has 1 saturated carbocycles. The molecule has 0 heterocycles. The fraction of sp³-hybridized carbons (Fsp3) is 0.588. The SMILES string of the molecule is CCN(CC)S(=O)(=O)c1cccc(C(=O)N(C)CC2CCC2)c1. The summed E-state index contributed by atoms with van der Waals surface area (Å²) in [4.78, 5) is 14.4. The lowest BCUT2D eigenvalue weighted by atomic mass is 9.85. The van der Waals surface area contributed by atoms with Crippen LogP contribution in [0.2, 0.25) is 0 Å². The molecule has 0 atom stereocenters. The normalized spacial score (nSPS) is 15.5. The molecule has 0 bridgehead atoms. The molecule has 6 heteroatoms. The van der Waals surface area contributed by atoms with Crippen LogP contribution < -0.4 is 0 Å². The third kappa shape index (κ3) is 3.93. The van der Waals surface area contributed by atoms with Crippen LogP contribution in [0.4, 0.5) is 0 Å². The van der Waals surface area contributed by atoms with Gasteiger partial charge < -0.3 is 4.90 Å². The van der Waals surface area contributed by atoms with Crippen molar-refractivity contribution in [2.45, 2.75) is 38.0 Å². The Labute approximate surface area is 139 Å². The molecule has 0 aromatic heterocycles. The Morgan fingerprint density at radius 1 is 1.22 bits per heavy atom. The van der Waals surface area contributed by atoms with Gasteiger partial charge in [0.15, 0.2) is 0 Å². The van der Waals surface area contributed by atoms with Crippen molar-refractivity contribution in [2.75, 3.05) is 26.7 Å². The summed E-state index contributed by atoms with van der Waals surface area (Å²) in [5.74, 6) is 0.472. The molecular weight excluding hydrogens is 312 g/mol. The summed E-state index contributed by atoms with van der Waals surface area (Å²) in [6.45, 7) is 5.19. The first-order valence-corrected chi connectivity index (χ1v) is 9.69. The summed E-state index contributed by atoms with van der Waals surface area (Å²) in [5, 5.41) is 0. The molecule has 0 spiro atoms. The third-order valence-corrected chi connectivity index (χ3v) is 6.57. The van der Waals surface area contributed by atoms with Gasteiger partial charge in [-0.1, -0.05) is 26.3 Å². The monoisotopic (exact) mass is 338 g/mol. The number of nitrogens with zero attached hydrogens (tertiary/aromatic N) is 2. The lowest BCUT2D eigenvalue weighted by molar-refractivity contribution is 0.0745. The molecule has 1 fully saturated rings. The largest absolute Gasteiger partial charge is 0.341 e. The van der Waals surface area contributed by atoms with E-state index in [1.807, 2.05) is 13.8 Å². The second kappa shape index (κ2) is 7.45. The van der Waals surface area contributed by atoms with Gasteiger partial charge in [0.2, 0.25) is 10.0 Å². The van der Waals surface area contributed by atoms with Gasteiger partial charge in [-0.25, -0.2) is 8.42 Å². The Balaban J connectivity index is 2.20. The van der Waals surface area contributed by atoms with Crippen LogP contribution in [0.15, 0.2) is 29.2 Å². The summed E-state index contributed by atoms with van der Waals surface area (Å²) in [6, 6.07) is 6.37. The predicted molar refractivity (Wildman–Crippen MR) is 90.9 cm³/mol. The molecule has 1 aliphatic rings. The van der Waals surface area contributed by atoms with Crippen molar-refractivity contribution in [3.8, 4) is 0 Å². The van der Waals surface area contributed by atoms with Crippen LogP contribution in [0.25, 0.3) is 0 Å². The zero-order valence-electron chi connectivity index (χ0n) is 14.2. The molecule has 128 valence electrons. The van der Waals surface area contributed by atoms with Gasteiger partial charge in [0, 0.05) is 32.2 Å². The number of hydrogen-bond acceptors (Lipinski definition) is 3. The quantitative estimate of drug-likeness (QED) is 0.768. The van der Waals surface area contributed by atoms with Crippen LogP contribution in [0.3, 0.4) is 0 Å². The highest BCUT2D eigenvalue weighted by atomic mass is 32.2. The molecule has 1 aromatic carbocycles. The van der Waals surface area contributed by atoms with Crippen molar-refractivity contribution in [1.29, 1.82) is 0 Å². The number of sulfonamides is 1. The average molecular weight is 338 g/mol. The Bertz CT molecular complexity index is 650. The first-order chi connectivity index (χ1) is 10.9. The zero-order chi connectivity index (χ0) is 17.0. The summed E-state index contributed by atoms with van der Waals surface area (Å²) >= 11 is 0. The number of rotatable bonds is 7. The standard InChI is InChI=1S/C17H26N2O3S/c1-4-19(5-2)23(21,22)16-11-7-10-15(12-16)17(20)18(3)13-14-8-6-9-14/h7,10-12,14H,4-6,8-9,13H2,1-3H3. The highest BCUT2D eigenvalue weighted by Gasteiger charge is 2.25. The minimum atomic E-state index is -3.54. The van der Waals surface area contributed by atoms with E-state index < -0.39 is 10.0 Å². The maximum absolute atomic E-state index is 12.6. The maximum Gasteiger partial charge on any atom is 0.253 e. The molecule has 1 aliphatic carbocycles. The van der Waals surface area contributed by atoms with E-state index in [1.165, 1.54) is 29.6 Å². The number of carbonyl (C=O) groups excluding carboxylic acids is 1. The van der Waals surface area contributed by atoms with E-state index in [9.17, 15) is 13.2 Å². The van der Waals surface area contributed by atoms with Gasteiger partial charge in [0.05, 0.1) is 4.90 Å². The molecule has 0 saturated heterocycles. The molecule has 0 radical (unpaired) electrons. The number of benzene rings is 1. The van der Waals surface area contributed by atoms with E-state index in [2.05, 4.69) is 0 Å². The second-order valence-corrected chi connectivity index (χ2v) is 8.04. The summed E-state index contributed by atoms with van der Waals surface area (Å²) in [6.07, 6.45) is 3.59. The van der Waals surface area contributed by atoms with Crippen molar-refractivity contribution in [3.05, 3.63) is 29.8 Å². The predicted octanol–water partition coefficient (Wildman–Crippen LogP) is 2.59. The van der Waals surface area contributed by atoms with Crippen LogP contribution in [-0.2, 0) is 10.0 Å². The van der Waals surface area contributed by atoms with Crippen LogP contribution in [0, 0.1) is 5.92 Å². The smallest absolute Gasteiger partial charge is 0.253 e. The van der Waals surface area contributed by atoms with Crippen LogP contribution in [0.1, 0.15) is 43.5 Å². The van der Waals surface area contributed by atoms with Crippen molar-refractivity contribution < 1.29 is 13.2 Å². The van der Waals surface area contributed by atoms with E-state index in [-0.39, 0.29) is 10.8 Å². The van der Waals surface area contributed by atoms with E-state index in [0.29, 0.717) is 24.6 Å². The highest BCUT2D eigenvalue weighted by Crippen LogP contribution is 2.27. The van der Waals surface area contributed by atoms with E-state index in [1.54, 1.807) is 30.1 Å². The number of amides is 1. The molecule has 23 heavy (non-hydrogen) atoms. The fourth-order valence-corrected chi connectivity index (χ4v) is 4.37. The number of carbonyl (C=O) groups is 1. The molecular formula is C17H26N2O3S. The third-order valence-electron chi connectivity index (χ3n) is 4.53. The van der Waals surface area contributed by atoms with Crippen molar-refractivity contribution in [2.24, 2.45) is 5.92 Å². The van der Waals surface area contributed by atoms with Gasteiger partial charge >= 0.3 is 0 Å². The van der Waals surface area contributed by atoms with E-state index >= 15 is 0 Å². The minimum Gasteiger partial charge on any atom is -0.341 e. The van der Waals surface area contributed by atoms with E-state index in [4.69, 9.17) is 0 Å². The molecule has 2 rings (SSSR count). The van der Waals surface area contributed by atoms with Crippen LogP contribution in [0.5, 0.6) is 0 Å². The number of hydrogen-bond donors (Lipinski definition) is 0. The van der Waals surface area contributed by atoms with Gasteiger partial charge in [-0.2, -0.15) is 4.31 Å². The maximum atomic E-state index is 12.6. The summed E-state index contributed by atoms with van der Waals surface area (Å²) < 4.78 is 26.5. The highest BCUT2D eigenvalue weighted by molar-refractivity contribution is 7.89. The Hall–Kier alpha value is -1.40. The van der Waals surface area contributed by atoms with Gasteiger partial charge in [-0.3, -0.25) is 4.79 Å². The first-order valence-electron chi connectivity index (χ1n) is 8.25. The molecule has 0 unspecified atom stereocenters. The fourth-order valence-electron chi connectivity index (χ4n) is 2.87. The Kier molecular flexibility index (Phi) is 5.81. The molecule has 1 aromatic rings. The minimum absolute atomic E-state index is 0.117. The van der Waals surface area contributed by atoms with Gasteiger partial charge in [-0.05, 0) is 37.0 Å². The lowest BCUT2D eigenvalue weighted by Gasteiger charge is -2.30. The van der Waals surface area contributed by atoms with Crippen molar-refractivity contribution in [1.82, 2.24) is 9.21 Å². The average Bonchev–Trinajstić information content (AvgIpc) is 2.51. The molecule has 0 N–H and O–H groups in total. The van der Waals surface area contributed by atoms with Gasteiger partial charge in [-0.15, -0.1) is 0 Å². The topological polar surface area (TPSA) is 57.7 Å². The van der Waals surface area contributed by atoms with Crippen molar-refractivity contribution >= 4 is 15.9 Å².